The third-order valence-corrected chi connectivity index (χ3v) is 8.29. The van der Waals surface area contributed by atoms with Crippen molar-refractivity contribution >= 4 is 37.8 Å². The van der Waals surface area contributed by atoms with Crippen molar-refractivity contribution in [2.45, 2.75) is 29.9 Å². The molecule has 0 aliphatic heterocycles. The molecule has 0 saturated carbocycles. The van der Waals surface area contributed by atoms with Gasteiger partial charge in [0.2, 0.25) is 0 Å². The van der Waals surface area contributed by atoms with Crippen LogP contribution in [0.1, 0.15) is 18.4 Å². The normalized spacial score (nSPS) is 18.2. The fraction of sp³-hybridized carbons (Fsp3) is 0.261. The van der Waals surface area contributed by atoms with Crippen LogP contribution in [0.25, 0.3) is 11.1 Å². The number of aromatic nitrogens is 1. The first-order chi connectivity index (χ1) is 17.8. The summed E-state index contributed by atoms with van der Waals surface area (Å²) in [7, 11) is -10.1. The van der Waals surface area contributed by atoms with Gasteiger partial charge in [0, 0.05) is 17.7 Å². The highest BCUT2D eigenvalue weighted by molar-refractivity contribution is 7.90. The van der Waals surface area contributed by atoms with E-state index < -0.39 is 43.6 Å². The summed E-state index contributed by atoms with van der Waals surface area (Å²) < 4.78 is 71.4. The first-order valence-corrected chi connectivity index (χ1v) is 14.1. The Balaban J connectivity index is 2.07. The van der Waals surface area contributed by atoms with Gasteiger partial charge >= 0.3 is 5.96 Å². The molecule has 0 radical (unpaired) electrons. The number of allylic oxidation sites excluding steroid dienone is 2. The number of benzene rings is 1. The van der Waals surface area contributed by atoms with Crippen LogP contribution >= 0.6 is 0 Å². The monoisotopic (exact) mass is 562 g/mol. The van der Waals surface area contributed by atoms with Gasteiger partial charge in [0.1, 0.15) is 12.3 Å². The maximum absolute atomic E-state index is 11.7. The molecule has 0 fully saturated rings. The number of hydrogen-bond donors (Lipinski definition) is 5. The van der Waals surface area contributed by atoms with Gasteiger partial charge < -0.3 is 31.4 Å². The lowest BCUT2D eigenvalue weighted by Crippen LogP contribution is -2.84. The van der Waals surface area contributed by atoms with Crippen molar-refractivity contribution in [2.24, 2.45) is 22.2 Å². The second-order valence-electron chi connectivity index (χ2n) is 8.34. The highest BCUT2D eigenvalue weighted by atomic mass is 32.2. The Morgan fingerprint density at radius 3 is 2.29 bits per heavy atom. The Kier molecular flexibility index (Phi) is 8.86. The summed E-state index contributed by atoms with van der Waals surface area (Å²) in [5.41, 5.74) is 19.0. The van der Waals surface area contributed by atoms with Gasteiger partial charge in [0.25, 0.3) is 5.96 Å². The SMILES string of the molecule is NC(=Nc1ccc(-c2cc[n+](CCO)cc2)c(C#CC2=CC[C@H](S(=O)(=O)[O-])[C@H](S(=O)(=O)[O-])C2)c1)[NH+]=C(N)N. The van der Waals surface area contributed by atoms with Gasteiger partial charge in [-0.05, 0) is 41.7 Å². The van der Waals surface area contributed by atoms with E-state index in [2.05, 4.69) is 21.8 Å². The van der Waals surface area contributed by atoms with Gasteiger partial charge in [-0.2, -0.15) is 0 Å². The molecule has 0 bridgehead atoms. The van der Waals surface area contributed by atoms with Gasteiger partial charge in [0.15, 0.2) is 18.9 Å². The lowest BCUT2D eigenvalue weighted by atomic mass is 9.97. The quantitative estimate of drug-likeness (QED) is 0.0777. The molecule has 1 aromatic heterocycles. The molecular formula is C23H26N6O7S2. The lowest BCUT2D eigenvalue weighted by Gasteiger charge is -2.33. The fourth-order valence-electron chi connectivity index (χ4n) is 3.86. The molecule has 1 aromatic carbocycles. The largest absolute Gasteiger partial charge is 0.748 e. The predicted molar refractivity (Wildman–Crippen MR) is 136 cm³/mol. The number of hydrogen-bond acceptors (Lipinski definition) is 8. The number of nitrogens with zero attached hydrogens (tertiary/aromatic N) is 2. The van der Waals surface area contributed by atoms with E-state index in [0.717, 1.165) is 5.56 Å². The third kappa shape index (κ3) is 7.60. The molecule has 0 amide bonds. The molecule has 2 aromatic rings. The van der Waals surface area contributed by atoms with Crippen LogP contribution in [-0.4, -0.2) is 60.1 Å². The zero-order chi connectivity index (χ0) is 28.1. The van der Waals surface area contributed by atoms with Crippen LogP contribution in [0.4, 0.5) is 5.69 Å². The molecular weight excluding hydrogens is 536 g/mol. The highest BCUT2D eigenvalue weighted by Crippen LogP contribution is 2.30. The molecule has 1 aliphatic carbocycles. The maximum Gasteiger partial charge on any atom is 0.316 e. The van der Waals surface area contributed by atoms with Crippen LogP contribution in [0.15, 0.2) is 59.4 Å². The topological polar surface area (TPSA) is 243 Å². The van der Waals surface area contributed by atoms with Gasteiger partial charge in [-0.25, -0.2) is 26.4 Å². The van der Waals surface area contributed by atoms with E-state index in [9.17, 15) is 25.9 Å². The Morgan fingerprint density at radius 1 is 1.05 bits per heavy atom. The van der Waals surface area contributed by atoms with Crippen molar-refractivity contribution in [2.75, 3.05) is 6.61 Å². The molecule has 2 atom stereocenters. The van der Waals surface area contributed by atoms with Crippen molar-refractivity contribution in [1.29, 1.82) is 0 Å². The third-order valence-electron chi connectivity index (χ3n) is 5.62. The van der Waals surface area contributed by atoms with Crippen molar-refractivity contribution in [3.05, 3.63) is 59.9 Å². The molecule has 38 heavy (non-hydrogen) atoms. The first kappa shape index (κ1) is 28.8. The molecule has 202 valence electrons. The number of nitrogens with two attached hydrogens (primary N) is 3. The van der Waals surface area contributed by atoms with Gasteiger partial charge in [0.05, 0.1) is 30.7 Å². The molecule has 0 unspecified atom stereocenters. The molecule has 15 heteroatoms. The summed E-state index contributed by atoms with van der Waals surface area (Å²) in [4.78, 5) is 6.64. The summed E-state index contributed by atoms with van der Waals surface area (Å²) >= 11 is 0. The molecule has 1 aliphatic rings. The summed E-state index contributed by atoms with van der Waals surface area (Å²) in [6.07, 6.45) is 3.94. The van der Waals surface area contributed by atoms with Gasteiger partial charge in [-0.15, -0.1) is 4.99 Å². The van der Waals surface area contributed by atoms with E-state index in [1.54, 1.807) is 35.2 Å². The zero-order valence-electron chi connectivity index (χ0n) is 19.9. The molecule has 1 heterocycles. The minimum absolute atomic E-state index is 0.0304. The van der Waals surface area contributed by atoms with E-state index in [1.165, 1.54) is 6.08 Å². The summed E-state index contributed by atoms with van der Waals surface area (Å²) in [5, 5.41) is 5.32. The Morgan fingerprint density at radius 2 is 1.71 bits per heavy atom. The number of nitrogens with one attached hydrogen (secondary N) is 1. The van der Waals surface area contributed by atoms with Crippen molar-refractivity contribution < 1.29 is 40.6 Å². The van der Waals surface area contributed by atoms with E-state index >= 15 is 0 Å². The van der Waals surface area contributed by atoms with Crippen LogP contribution in [0.2, 0.25) is 0 Å². The van der Waals surface area contributed by atoms with Crippen LogP contribution < -0.4 is 26.8 Å². The van der Waals surface area contributed by atoms with Gasteiger partial charge in [-0.3, -0.25) is 0 Å². The summed E-state index contributed by atoms with van der Waals surface area (Å²) in [6, 6.07) is 8.62. The minimum Gasteiger partial charge on any atom is -0.748 e. The summed E-state index contributed by atoms with van der Waals surface area (Å²) in [5.74, 6) is 5.49. The van der Waals surface area contributed by atoms with Crippen LogP contribution in [0.5, 0.6) is 0 Å². The maximum atomic E-state index is 11.7. The number of aliphatic hydroxyl groups is 1. The van der Waals surface area contributed by atoms with Crippen molar-refractivity contribution in [3.63, 3.8) is 0 Å². The highest BCUT2D eigenvalue weighted by Gasteiger charge is 2.35. The van der Waals surface area contributed by atoms with Crippen LogP contribution in [0, 0.1) is 11.8 Å². The molecule has 3 rings (SSSR count). The molecule has 0 spiro atoms. The van der Waals surface area contributed by atoms with Crippen molar-refractivity contribution in [3.8, 4) is 23.0 Å². The Labute approximate surface area is 219 Å². The molecule has 0 saturated heterocycles. The Hall–Kier alpha value is -3.81. The lowest BCUT2D eigenvalue weighted by molar-refractivity contribution is -0.698. The zero-order valence-corrected chi connectivity index (χ0v) is 21.6. The number of guanidine groups is 2. The van der Waals surface area contributed by atoms with E-state index in [4.69, 9.17) is 22.3 Å². The second-order valence-corrected chi connectivity index (χ2v) is 11.5. The number of pyridine rings is 1. The number of rotatable bonds is 6. The first-order valence-electron chi connectivity index (χ1n) is 11.1. The Bertz CT molecular complexity index is 1570. The number of aliphatic imine (C=N–C) groups is 1. The van der Waals surface area contributed by atoms with E-state index in [-0.39, 0.29) is 24.1 Å². The molecule has 8 N–H and O–H groups in total. The standard InChI is InChI=1S/C23H26N6O7S2/c24-22(25)28-23(26)27-18-4-5-19(16-7-9-29(10-8-16)11-12-30)17(14-18)3-1-15-2-6-20(37(31,32)33)21(13-15)38(34,35)36/h2,4-5,7-10,14,20-21,30H,6,11-13H2,(H7,24,25,26,28,31,32,33,34,35,36)/t20-,21+/m0/s1. The van der Waals surface area contributed by atoms with Crippen LogP contribution in [-0.2, 0) is 26.8 Å². The molecule has 13 nitrogen and oxygen atoms in total. The number of aliphatic hydroxyl groups excluding tert-OH is 1. The van der Waals surface area contributed by atoms with E-state index in [0.29, 0.717) is 23.4 Å². The predicted octanol–water partition coefficient (Wildman–Crippen LogP) is -3.17. The van der Waals surface area contributed by atoms with Gasteiger partial charge in [-0.1, -0.05) is 24.0 Å². The van der Waals surface area contributed by atoms with E-state index in [1.807, 2.05) is 12.1 Å². The summed E-state index contributed by atoms with van der Waals surface area (Å²) in [6.45, 7) is 0.378. The smallest absolute Gasteiger partial charge is 0.316 e. The minimum atomic E-state index is -5.08. The second kappa shape index (κ2) is 11.7. The van der Waals surface area contributed by atoms with Crippen molar-refractivity contribution in [1.82, 2.24) is 0 Å². The van der Waals surface area contributed by atoms with Crippen LogP contribution in [0.3, 0.4) is 0 Å². The average molecular weight is 563 g/mol. The fourth-order valence-corrected chi connectivity index (χ4v) is 6.34. The average Bonchev–Trinajstić information content (AvgIpc) is 2.82.